The summed E-state index contributed by atoms with van der Waals surface area (Å²) in [6.07, 6.45) is 0. The molecule has 5 nitrogen and oxygen atoms in total. The maximum absolute atomic E-state index is 13.1. The van der Waals surface area contributed by atoms with Crippen molar-refractivity contribution in [1.82, 2.24) is 14.8 Å². The van der Waals surface area contributed by atoms with E-state index in [1.165, 1.54) is 23.9 Å². The van der Waals surface area contributed by atoms with Gasteiger partial charge in [-0.2, -0.15) is 0 Å². The summed E-state index contributed by atoms with van der Waals surface area (Å²) in [5, 5.41) is 11.7. The zero-order valence-corrected chi connectivity index (χ0v) is 13.7. The van der Waals surface area contributed by atoms with Crippen LogP contribution in [-0.4, -0.2) is 26.4 Å². The van der Waals surface area contributed by atoms with Crippen molar-refractivity contribution in [2.45, 2.75) is 38.4 Å². The Morgan fingerprint density at radius 2 is 2.18 bits per heavy atom. The molecule has 2 rings (SSSR count). The van der Waals surface area contributed by atoms with Crippen LogP contribution < -0.4 is 5.32 Å². The lowest BCUT2D eigenvalue weighted by molar-refractivity contribution is -0.113. The first-order valence-corrected chi connectivity index (χ1v) is 8.11. The first-order valence-electron chi connectivity index (χ1n) is 7.12. The number of carbonyl (C=O) groups excluding carboxylic acids is 1. The molecule has 0 atom stereocenters. The fourth-order valence-electron chi connectivity index (χ4n) is 2.02. The Labute approximate surface area is 133 Å². The molecule has 0 radical (unpaired) electrons. The number of carbonyl (C=O) groups is 1. The Morgan fingerprint density at radius 1 is 1.41 bits per heavy atom. The number of hydrogen-bond acceptors (Lipinski definition) is 4. The molecule has 0 aliphatic carbocycles. The summed E-state index contributed by atoms with van der Waals surface area (Å²) in [5.74, 6) is 0.816. The van der Waals surface area contributed by atoms with Crippen molar-refractivity contribution in [2.24, 2.45) is 0 Å². The summed E-state index contributed by atoms with van der Waals surface area (Å²) in [7, 11) is 0. The van der Waals surface area contributed by atoms with Gasteiger partial charge in [-0.1, -0.05) is 31.7 Å². The van der Waals surface area contributed by atoms with Gasteiger partial charge in [-0.15, -0.1) is 10.2 Å². The number of thioether (sulfide) groups is 1. The summed E-state index contributed by atoms with van der Waals surface area (Å²) in [6.45, 7) is 6.89. The van der Waals surface area contributed by atoms with E-state index in [2.05, 4.69) is 29.4 Å². The molecule has 1 aromatic carbocycles. The second kappa shape index (κ2) is 7.40. The molecule has 0 unspecified atom stereocenters. The third-order valence-electron chi connectivity index (χ3n) is 3.02. The van der Waals surface area contributed by atoms with Crippen LogP contribution in [0.15, 0.2) is 29.4 Å². The largest absolute Gasteiger partial charge is 0.325 e. The highest BCUT2D eigenvalue weighted by molar-refractivity contribution is 7.99. The molecule has 0 bridgehead atoms. The minimum absolute atomic E-state index is 0.201. The van der Waals surface area contributed by atoms with Crippen molar-refractivity contribution < 1.29 is 9.18 Å². The van der Waals surface area contributed by atoms with Gasteiger partial charge < -0.3 is 9.88 Å². The van der Waals surface area contributed by atoms with Crippen LogP contribution in [0.4, 0.5) is 10.1 Å². The standard InChI is InChI=1S/C15H19FN4OS/c1-4-20-14(10(2)3)18-19-15(20)22-9-13(21)17-12-7-5-6-11(16)8-12/h5-8,10H,4,9H2,1-3H3,(H,17,21). The predicted molar refractivity (Wildman–Crippen MR) is 85.5 cm³/mol. The van der Waals surface area contributed by atoms with Crippen LogP contribution in [0.1, 0.15) is 32.5 Å². The zero-order valence-electron chi connectivity index (χ0n) is 12.8. The minimum atomic E-state index is -0.377. The molecule has 0 aliphatic heterocycles. The molecule has 0 spiro atoms. The Kier molecular flexibility index (Phi) is 5.54. The third-order valence-corrected chi connectivity index (χ3v) is 3.99. The molecule has 1 N–H and O–H groups in total. The van der Waals surface area contributed by atoms with Gasteiger partial charge in [0.1, 0.15) is 11.6 Å². The van der Waals surface area contributed by atoms with Gasteiger partial charge in [0.15, 0.2) is 5.16 Å². The van der Waals surface area contributed by atoms with E-state index in [0.29, 0.717) is 5.69 Å². The van der Waals surface area contributed by atoms with Crippen LogP contribution in [0.5, 0.6) is 0 Å². The fourth-order valence-corrected chi connectivity index (χ4v) is 2.83. The van der Waals surface area contributed by atoms with E-state index < -0.39 is 0 Å². The van der Waals surface area contributed by atoms with Gasteiger partial charge in [0.25, 0.3) is 0 Å². The first kappa shape index (κ1) is 16.5. The van der Waals surface area contributed by atoms with Gasteiger partial charge in [-0.3, -0.25) is 4.79 Å². The quantitative estimate of drug-likeness (QED) is 0.829. The van der Waals surface area contributed by atoms with Crippen LogP contribution >= 0.6 is 11.8 Å². The summed E-state index contributed by atoms with van der Waals surface area (Å²) < 4.78 is 15.1. The molecule has 7 heteroatoms. The van der Waals surface area contributed by atoms with Gasteiger partial charge in [-0.25, -0.2) is 4.39 Å². The second-order valence-electron chi connectivity index (χ2n) is 5.09. The second-order valence-corrected chi connectivity index (χ2v) is 6.03. The van der Waals surface area contributed by atoms with Crippen molar-refractivity contribution in [2.75, 3.05) is 11.1 Å². The molecule has 1 amide bonds. The van der Waals surface area contributed by atoms with E-state index in [9.17, 15) is 9.18 Å². The Morgan fingerprint density at radius 3 is 2.82 bits per heavy atom. The number of amides is 1. The first-order chi connectivity index (χ1) is 10.5. The van der Waals surface area contributed by atoms with Crippen molar-refractivity contribution >= 4 is 23.4 Å². The average molecular weight is 322 g/mol. The molecule has 1 heterocycles. The van der Waals surface area contributed by atoms with Crippen molar-refractivity contribution in [3.63, 3.8) is 0 Å². The van der Waals surface area contributed by atoms with Crippen LogP contribution in [0.3, 0.4) is 0 Å². The summed E-state index contributed by atoms with van der Waals surface area (Å²) in [6, 6.07) is 5.83. The summed E-state index contributed by atoms with van der Waals surface area (Å²) in [5.41, 5.74) is 0.449. The van der Waals surface area contributed by atoms with E-state index in [4.69, 9.17) is 0 Å². The van der Waals surface area contributed by atoms with Crippen LogP contribution in [-0.2, 0) is 11.3 Å². The average Bonchev–Trinajstić information content (AvgIpc) is 2.88. The van der Waals surface area contributed by atoms with E-state index in [1.54, 1.807) is 12.1 Å². The van der Waals surface area contributed by atoms with E-state index >= 15 is 0 Å². The molecule has 0 fully saturated rings. The normalized spacial score (nSPS) is 11.0. The number of rotatable bonds is 6. The van der Waals surface area contributed by atoms with Crippen LogP contribution in [0, 0.1) is 5.82 Å². The molecule has 0 saturated heterocycles. The van der Waals surface area contributed by atoms with Gasteiger partial charge in [0, 0.05) is 18.2 Å². The lowest BCUT2D eigenvalue weighted by Gasteiger charge is -2.09. The number of nitrogens with zero attached hydrogens (tertiary/aromatic N) is 3. The Hall–Kier alpha value is -1.89. The van der Waals surface area contributed by atoms with E-state index in [1.807, 2.05) is 11.5 Å². The van der Waals surface area contributed by atoms with Gasteiger partial charge in [0.2, 0.25) is 5.91 Å². The predicted octanol–water partition coefficient (Wildman–Crippen LogP) is 3.29. The van der Waals surface area contributed by atoms with Crippen molar-refractivity contribution in [3.8, 4) is 0 Å². The molecular formula is C15H19FN4OS. The number of nitrogens with one attached hydrogen (secondary N) is 1. The van der Waals surface area contributed by atoms with Gasteiger partial charge in [0.05, 0.1) is 5.75 Å². The number of hydrogen-bond donors (Lipinski definition) is 1. The lowest BCUT2D eigenvalue weighted by atomic mass is 10.2. The van der Waals surface area contributed by atoms with Gasteiger partial charge in [-0.05, 0) is 25.1 Å². The fraction of sp³-hybridized carbons (Fsp3) is 0.400. The van der Waals surface area contributed by atoms with Crippen molar-refractivity contribution in [3.05, 3.63) is 35.9 Å². The highest BCUT2D eigenvalue weighted by Gasteiger charge is 2.15. The number of aromatic nitrogens is 3. The van der Waals surface area contributed by atoms with Crippen molar-refractivity contribution in [1.29, 1.82) is 0 Å². The number of anilines is 1. The number of benzene rings is 1. The van der Waals surface area contributed by atoms with E-state index in [0.717, 1.165) is 17.5 Å². The topological polar surface area (TPSA) is 59.8 Å². The highest BCUT2D eigenvalue weighted by atomic mass is 32.2. The van der Waals surface area contributed by atoms with Crippen LogP contribution in [0.25, 0.3) is 0 Å². The molecule has 0 aliphatic rings. The lowest BCUT2D eigenvalue weighted by Crippen LogP contribution is -2.15. The van der Waals surface area contributed by atoms with Gasteiger partial charge >= 0.3 is 0 Å². The molecule has 1 aromatic heterocycles. The highest BCUT2D eigenvalue weighted by Crippen LogP contribution is 2.21. The summed E-state index contributed by atoms with van der Waals surface area (Å²) in [4.78, 5) is 11.9. The summed E-state index contributed by atoms with van der Waals surface area (Å²) >= 11 is 1.32. The molecule has 118 valence electrons. The maximum Gasteiger partial charge on any atom is 0.234 e. The Bertz CT molecular complexity index is 657. The minimum Gasteiger partial charge on any atom is -0.325 e. The molecule has 22 heavy (non-hydrogen) atoms. The third kappa shape index (κ3) is 4.07. The maximum atomic E-state index is 13.1. The van der Waals surface area contributed by atoms with Crippen LogP contribution in [0.2, 0.25) is 0 Å². The molecular weight excluding hydrogens is 303 g/mol. The molecule has 0 saturated carbocycles. The Balaban J connectivity index is 1.97. The number of halogens is 1. The SMILES string of the molecule is CCn1c(SCC(=O)Nc2cccc(F)c2)nnc1C(C)C. The molecule has 2 aromatic rings. The zero-order chi connectivity index (χ0) is 16.1. The monoisotopic (exact) mass is 322 g/mol. The van der Waals surface area contributed by atoms with E-state index in [-0.39, 0.29) is 23.4 Å². The smallest absolute Gasteiger partial charge is 0.234 e.